The summed E-state index contributed by atoms with van der Waals surface area (Å²) in [5, 5.41) is 18.3. The van der Waals surface area contributed by atoms with E-state index >= 15 is 0 Å². The third kappa shape index (κ3) is 3.95. The molecule has 3 aromatic heterocycles. The zero-order chi connectivity index (χ0) is 25.6. The van der Waals surface area contributed by atoms with Crippen LogP contribution in [0.3, 0.4) is 0 Å². The van der Waals surface area contributed by atoms with Crippen molar-refractivity contribution in [3.05, 3.63) is 99.9 Å². The van der Waals surface area contributed by atoms with Gasteiger partial charge in [0.1, 0.15) is 12.1 Å². The van der Waals surface area contributed by atoms with Crippen LogP contribution in [0.2, 0.25) is 0 Å². The number of phenols is 1. The summed E-state index contributed by atoms with van der Waals surface area (Å²) < 4.78 is 29.9. The van der Waals surface area contributed by atoms with Crippen LogP contribution in [-0.4, -0.2) is 37.2 Å². The summed E-state index contributed by atoms with van der Waals surface area (Å²) in [5.74, 6) is -0.234. The lowest BCUT2D eigenvalue weighted by Crippen LogP contribution is -2.22. The fourth-order valence-corrected chi connectivity index (χ4v) is 5.97. The molecule has 0 saturated carbocycles. The van der Waals surface area contributed by atoms with Gasteiger partial charge in [-0.15, -0.1) is 0 Å². The number of hydrogen-bond acceptors (Lipinski definition) is 7. The fraction of sp³-hybridized carbons (Fsp3) is 0.154. The lowest BCUT2D eigenvalue weighted by molar-refractivity contribution is 0.470. The normalized spacial score (nSPS) is 11.8. The van der Waals surface area contributed by atoms with Crippen LogP contribution in [0.25, 0.3) is 28.0 Å². The van der Waals surface area contributed by atoms with Crippen molar-refractivity contribution in [2.45, 2.75) is 26.5 Å². The zero-order valence-electron chi connectivity index (χ0n) is 19.9. The molecule has 0 aliphatic rings. The molecule has 36 heavy (non-hydrogen) atoms. The van der Waals surface area contributed by atoms with Crippen molar-refractivity contribution in [2.24, 2.45) is 0 Å². The lowest BCUT2D eigenvalue weighted by atomic mass is 10.1. The van der Waals surface area contributed by atoms with E-state index in [0.29, 0.717) is 28.1 Å². The summed E-state index contributed by atoms with van der Waals surface area (Å²) in [5.41, 5.74) is 3.31. The molecule has 0 bridgehead atoms. The Morgan fingerprint density at radius 3 is 2.47 bits per heavy atom. The van der Waals surface area contributed by atoms with Gasteiger partial charge in [0, 0.05) is 11.1 Å². The highest BCUT2D eigenvalue weighted by atomic mass is 32.2. The molecule has 10 heteroatoms. The van der Waals surface area contributed by atoms with Gasteiger partial charge in [-0.1, -0.05) is 36.4 Å². The molecule has 0 atom stereocenters. The number of fused-ring (bicyclic) bond motifs is 1. The van der Waals surface area contributed by atoms with Gasteiger partial charge in [0.25, 0.3) is 5.56 Å². The molecule has 0 fully saturated rings. The predicted octanol–water partition coefficient (Wildman–Crippen LogP) is 3.65. The first kappa shape index (κ1) is 23.4. The van der Waals surface area contributed by atoms with Crippen LogP contribution >= 0.6 is 0 Å². The second kappa shape index (κ2) is 8.72. The van der Waals surface area contributed by atoms with E-state index in [2.05, 4.69) is 15.2 Å². The first-order valence-corrected chi connectivity index (χ1v) is 12.8. The third-order valence-corrected chi connectivity index (χ3v) is 7.69. The van der Waals surface area contributed by atoms with E-state index in [4.69, 9.17) is 0 Å². The maximum absolute atomic E-state index is 13.7. The van der Waals surface area contributed by atoms with E-state index in [0.717, 1.165) is 9.54 Å². The molecule has 0 aliphatic heterocycles. The van der Waals surface area contributed by atoms with E-state index in [1.54, 1.807) is 56.3 Å². The van der Waals surface area contributed by atoms with Crippen LogP contribution in [0.4, 0.5) is 0 Å². The Kier molecular flexibility index (Phi) is 5.68. The smallest absolute Gasteiger partial charge is 0.267 e. The van der Waals surface area contributed by atoms with Crippen molar-refractivity contribution in [1.82, 2.24) is 23.7 Å². The van der Waals surface area contributed by atoms with Crippen molar-refractivity contribution in [2.75, 3.05) is 0 Å². The third-order valence-electron chi connectivity index (χ3n) is 6.07. The zero-order valence-corrected chi connectivity index (χ0v) is 20.7. The highest BCUT2D eigenvalue weighted by Gasteiger charge is 2.26. The second-order valence-electron chi connectivity index (χ2n) is 8.65. The highest BCUT2D eigenvalue weighted by Crippen LogP contribution is 2.30. The monoisotopic (exact) mass is 501 g/mol. The molecule has 182 valence electrons. The molecule has 9 nitrogen and oxygen atoms in total. The lowest BCUT2D eigenvalue weighted by Gasteiger charge is -2.14. The van der Waals surface area contributed by atoms with Gasteiger partial charge >= 0.3 is 0 Å². The number of nitrogens with zero attached hydrogens (tertiary/aromatic N) is 5. The quantitative estimate of drug-likeness (QED) is 0.390. The largest absolute Gasteiger partial charge is 0.508 e. The van der Waals surface area contributed by atoms with Gasteiger partial charge < -0.3 is 5.11 Å². The number of hydrogen-bond donors (Lipinski definition) is 1. The van der Waals surface area contributed by atoms with Crippen LogP contribution in [0.5, 0.6) is 5.75 Å². The van der Waals surface area contributed by atoms with Crippen molar-refractivity contribution in [3.63, 3.8) is 0 Å². The molecule has 1 N–H and O–H groups in total. The Balaban J connectivity index is 1.81. The minimum atomic E-state index is -3.99. The first-order valence-electron chi connectivity index (χ1n) is 11.2. The number of aryl methyl sites for hydroxylation is 2. The second-order valence-corrected chi connectivity index (χ2v) is 10.5. The van der Waals surface area contributed by atoms with Crippen molar-refractivity contribution in [1.29, 1.82) is 0 Å². The van der Waals surface area contributed by atoms with Gasteiger partial charge in [-0.2, -0.15) is 10.2 Å². The molecule has 0 unspecified atom stereocenters. The molecule has 0 aliphatic carbocycles. The van der Waals surface area contributed by atoms with E-state index in [1.807, 2.05) is 13.0 Å². The van der Waals surface area contributed by atoms with E-state index in [9.17, 15) is 18.3 Å². The average Bonchev–Trinajstić information content (AvgIpc) is 3.25. The van der Waals surface area contributed by atoms with Gasteiger partial charge in [0.2, 0.25) is 10.0 Å². The predicted molar refractivity (Wildman–Crippen MR) is 137 cm³/mol. The molecular formula is C26H23N5O4S. The molecule has 0 radical (unpaired) electrons. The van der Waals surface area contributed by atoms with Crippen LogP contribution in [0, 0.1) is 20.8 Å². The van der Waals surface area contributed by atoms with Crippen LogP contribution in [-0.2, 0) is 15.8 Å². The van der Waals surface area contributed by atoms with Crippen molar-refractivity contribution >= 4 is 21.1 Å². The molecule has 5 aromatic rings. The fourth-order valence-electron chi connectivity index (χ4n) is 4.36. The first-order chi connectivity index (χ1) is 17.2. The number of phenolic OH excluding ortho intramolecular Hbond substituents is 1. The molecule has 0 saturated heterocycles. The molecule has 3 heterocycles. The summed E-state index contributed by atoms with van der Waals surface area (Å²) in [4.78, 5) is 18.1. The molecule has 2 aromatic carbocycles. The van der Waals surface area contributed by atoms with Gasteiger partial charge in [-0.3, -0.25) is 9.36 Å². The summed E-state index contributed by atoms with van der Waals surface area (Å²) in [6.45, 7) is 5.28. The maximum atomic E-state index is 13.7. The Hall–Kier alpha value is -4.31. The van der Waals surface area contributed by atoms with Crippen LogP contribution in [0.15, 0.2) is 71.9 Å². The van der Waals surface area contributed by atoms with Gasteiger partial charge in [0.15, 0.2) is 5.65 Å². The SMILES string of the molecule is Cc1cc(-c2cc3c(=O)n(-c4c(C)ccc(O)c4C)cnc3n2S(=O)(=O)Cc2ccccc2)cnn1. The van der Waals surface area contributed by atoms with Crippen molar-refractivity contribution in [3.8, 4) is 22.7 Å². The highest BCUT2D eigenvalue weighted by molar-refractivity contribution is 7.89. The Bertz CT molecular complexity index is 1790. The molecule has 0 amide bonds. The van der Waals surface area contributed by atoms with E-state index in [1.165, 1.54) is 23.2 Å². The average molecular weight is 502 g/mol. The van der Waals surface area contributed by atoms with Gasteiger partial charge in [-0.25, -0.2) is 17.4 Å². The number of rotatable bonds is 5. The Labute approximate surface area is 207 Å². The number of aromatic nitrogens is 5. The molecule has 5 rings (SSSR count). The standard InChI is InChI=1S/C26H23N5O4S/c1-16-9-10-23(32)18(3)24(16)30-15-27-25-21(26(30)33)12-22(20-11-17(2)29-28-13-20)31(25)36(34,35)14-19-7-5-4-6-8-19/h4-13,15,32H,14H2,1-3H3. The number of benzene rings is 2. The van der Waals surface area contributed by atoms with Gasteiger partial charge in [-0.05, 0) is 50.1 Å². The molecular weight excluding hydrogens is 478 g/mol. The van der Waals surface area contributed by atoms with Crippen molar-refractivity contribution < 1.29 is 13.5 Å². The maximum Gasteiger partial charge on any atom is 0.267 e. The minimum Gasteiger partial charge on any atom is -0.508 e. The van der Waals surface area contributed by atoms with E-state index < -0.39 is 15.6 Å². The van der Waals surface area contributed by atoms with E-state index in [-0.39, 0.29) is 28.2 Å². The molecule has 0 spiro atoms. The summed E-state index contributed by atoms with van der Waals surface area (Å²) in [7, 11) is -3.99. The minimum absolute atomic E-state index is 0.0205. The van der Waals surface area contributed by atoms with Gasteiger partial charge in [0.05, 0.1) is 34.4 Å². The Morgan fingerprint density at radius 2 is 1.75 bits per heavy atom. The Morgan fingerprint density at radius 1 is 1.00 bits per heavy atom. The van der Waals surface area contributed by atoms with Crippen LogP contribution in [0.1, 0.15) is 22.4 Å². The summed E-state index contributed by atoms with van der Waals surface area (Å²) in [6.07, 6.45) is 2.76. The summed E-state index contributed by atoms with van der Waals surface area (Å²) in [6, 6.07) is 15.3. The van der Waals surface area contributed by atoms with Crippen LogP contribution < -0.4 is 5.56 Å². The summed E-state index contributed by atoms with van der Waals surface area (Å²) >= 11 is 0. The number of aromatic hydroxyl groups is 1. The topological polar surface area (TPSA) is 120 Å².